The van der Waals surface area contributed by atoms with Crippen LogP contribution in [0.2, 0.25) is 0 Å². The Morgan fingerprint density at radius 2 is 1.76 bits per heavy atom. The molecule has 1 aliphatic rings. The standard InChI is InChI=1S/C23H29N3O6S/c1-5-25(6-2)33(29,30)19-10-7-17(8-11-19)24-23(28)16-13-22(27)26(15-16)20-14-18(31-3)9-12-21(20)32-4/h7-12,14,16H,5-6,13,15H2,1-4H3,(H,24,28). The molecule has 1 aliphatic heterocycles. The highest BCUT2D eigenvalue weighted by atomic mass is 32.2. The number of carbonyl (C=O) groups is 2. The van der Waals surface area contributed by atoms with Crippen LogP contribution < -0.4 is 19.7 Å². The molecule has 10 heteroatoms. The number of benzene rings is 2. The molecule has 178 valence electrons. The van der Waals surface area contributed by atoms with Crippen LogP contribution in [0.15, 0.2) is 47.4 Å². The Hall–Kier alpha value is -3.11. The topological polar surface area (TPSA) is 105 Å². The number of rotatable bonds is 9. The number of carbonyl (C=O) groups excluding carboxylic acids is 2. The fourth-order valence-electron chi connectivity index (χ4n) is 3.79. The van der Waals surface area contributed by atoms with Gasteiger partial charge in [0.05, 0.1) is 30.7 Å². The van der Waals surface area contributed by atoms with Gasteiger partial charge in [0.15, 0.2) is 0 Å². The van der Waals surface area contributed by atoms with Gasteiger partial charge in [-0.1, -0.05) is 13.8 Å². The molecule has 0 aliphatic carbocycles. The van der Waals surface area contributed by atoms with Crippen LogP contribution in [-0.2, 0) is 19.6 Å². The summed E-state index contributed by atoms with van der Waals surface area (Å²) in [5, 5.41) is 2.78. The lowest BCUT2D eigenvalue weighted by Gasteiger charge is -2.20. The lowest BCUT2D eigenvalue weighted by atomic mass is 10.1. The number of amides is 2. The second-order valence-electron chi connectivity index (χ2n) is 7.55. The molecule has 1 atom stereocenters. The molecule has 3 rings (SSSR count). The fourth-order valence-corrected chi connectivity index (χ4v) is 5.25. The van der Waals surface area contributed by atoms with Crippen molar-refractivity contribution < 1.29 is 27.5 Å². The van der Waals surface area contributed by atoms with Gasteiger partial charge in [0, 0.05) is 37.8 Å². The van der Waals surface area contributed by atoms with E-state index in [9.17, 15) is 18.0 Å². The van der Waals surface area contributed by atoms with E-state index in [0.717, 1.165) is 0 Å². The number of ether oxygens (including phenoxy) is 2. The van der Waals surface area contributed by atoms with E-state index in [2.05, 4.69) is 5.32 Å². The summed E-state index contributed by atoms with van der Waals surface area (Å²) in [5.74, 6) is 0.0170. The number of nitrogens with one attached hydrogen (secondary N) is 1. The van der Waals surface area contributed by atoms with Crippen molar-refractivity contribution >= 4 is 33.2 Å². The van der Waals surface area contributed by atoms with Crippen molar-refractivity contribution in [3.05, 3.63) is 42.5 Å². The Kier molecular flexibility index (Phi) is 7.60. The molecule has 0 spiro atoms. The molecule has 0 bridgehead atoms. The quantitative estimate of drug-likeness (QED) is 0.598. The number of hydrogen-bond acceptors (Lipinski definition) is 6. The summed E-state index contributed by atoms with van der Waals surface area (Å²) in [5.41, 5.74) is 1.01. The normalized spacial score (nSPS) is 16.2. The summed E-state index contributed by atoms with van der Waals surface area (Å²) < 4.78 is 37.2. The Morgan fingerprint density at radius 1 is 1.09 bits per heavy atom. The number of nitrogens with zero attached hydrogens (tertiary/aromatic N) is 2. The van der Waals surface area contributed by atoms with Crippen molar-refractivity contribution in [2.75, 3.05) is 44.1 Å². The highest BCUT2D eigenvalue weighted by molar-refractivity contribution is 7.89. The van der Waals surface area contributed by atoms with Crippen LogP contribution in [0.1, 0.15) is 20.3 Å². The van der Waals surface area contributed by atoms with Crippen LogP contribution in [0.25, 0.3) is 0 Å². The van der Waals surface area contributed by atoms with Gasteiger partial charge < -0.3 is 19.7 Å². The SMILES string of the molecule is CCN(CC)S(=O)(=O)c1ccc(NC(=O)C2CC(=O)N(c3cc(OC)ccc3OC)C2)cc1. The van der Waals surface area contributed by atoms with E-state index in [-0.39, 0.29) is 29.7 Å². The molecular weight excluding hydrogens is 446 g/mol. The van der Waals surface area contributed by atoms with Crippen LogP contribution in [0.4, 0.5) is 11.4 Å². The second kappa shape index (κ2) is 10.2. The predicted molar refractivity (Wildman–Crippen MR) is 125 cm³/mol. The van der Waals surface area contributed by atoms with Crippen LogP contribution >= 0.6 is 0 Å². The summed E-state index contributed by atoms with van der Waals surface area (Å²) in [4.78, 5) is 27.2. The Morgan fingerprint density at radius 3 is 2.33 bits per heavy atom. The lowest BCUT2D eigenvalue weighted by molar-refractivity contribution is -0.122. The molecule has 0 saturated carbocycles. The predicted octanol–water partition coefficient (Wildman–Crippen LogP) is 2.73. The zero-order valence-electron chi connectivity index (χ0n) is 19.2. The maximum atomic E-state index is 12.8. The molecule has 9 nitrogen and oxygen atoms in total. The Bertz CT molecular complexity index is 1110. The average molecular weight is 476 g/mol. The van der Waals surface area contributed by atoms with E-state index in [1.54, 1.807) is 44.2 Å². The zero-order valence-corrected chi connectivity index (χ0v) is 20.0. The van der Waals surface area contributed by atoms with E-state index in [1.807, 2.05) is 0 Å². The molecule has 1 fully saturated rings. The number of sulfonamides is 1. The summed E-state index contributed by atoms with van der Waals surface area (Å²) >= 11 is 0. The van der Waals surface area contributed by atoms with E-state index >= 15 is 0 Å². The highest BCUT2D eigenvalue weighted by Gasteiger charge is 2.36. The monoisotopic (exact) mass is 475 g/mol. The van der Waals surface area contributed by atoms with Crippen molar-refractivity contribution in [2.45, 2.75) is 25.2 Å². The van der Waals surface area contributed by atoms with Gasteiger partial charge in [-0.25, -0.2) is 8.42 Å². The van der Waals surface area contributed by atoms with Gasteiger partial charge in [-0.05, 0) is 36.4 Å². The smallest absolute Gasteiger partial charge is 0.243 e. The summed E-state index contributed by atoms with van der Waals surface area (Å²) in [6, 6.07) is 11.2. The fraction of sp³-hybridized carbons (Fsp3) is 0.391. The van der Waals surface area contributed by atoms with Gasteiger partial charge in [0.2, 0.25) is 21.8 Å². The van der Waals surface area contributed by atoms with E-state index in [1.165, 1.54) is 35.6 Å². The van der Waals surface area contributed by atoms with Gasteiger partial charge >= 0.3 is 0 Å². The molecule has 1 N–H and O–H groups in total. The van der Waals surface area contributed by atoms with Crippen LogP contribution in [0.5, 0.6) is 11.5 Å². The minimum Gasteiger partial charge on any atom is -0.497 e. The van der Waals surface area contributed by atoms with E-state index in [4.69, 9.17) is 9.47 Å². The maximum Gasteiger partial charge on any atom is 0.243 e. The summed E-state index contributed by atoms with van der Waals surface area (Å²) in [7, 11) is -0.525. The second-order valence-corrected chi connectivity index (χ2v) is 9.48. The molecule has 1 unspecified atom stereocenters. The van der Waals surface area contributed by atoms with Crippen molar-refractivity contribution in [2.24, 2.45) is 5.92 Å². The third-order valence-corrected chi connectivity index (χ3v) is 7.70. The minimum absolute atomic E-state index is 0.0562. The first-order valence-electron chi connectivity index (χ1n) is 10.7. The van der Waals surface area contributed by atoms with Crippen LogP contribution in [0, 0.1) is 5.92 Å². The Labute approximate surface area is 194 Å². The average Bonchev–Trinajstić information content (AvgIpc) is 3.21. The first-order valence-corrected chi connectivity index (χ1v) is 12.1. The number of methoxy groups -OCH3 is 2. The molecule has 2 aromatic carbocycles. The maximum absolute atomic E-state index is 12.8. The van der Waals surface area contributed by atoms with Crippen molar-refractivity contribution in [3.8, 4) is 11.5 Å². The third-order valence-electron chi connectivity index (χ3n) is 5.64. The minimum atomic E-state index is -3.57. The molecule has 0 aromatic heterocycles. The molecule has 2 aromatic rings. The van der Waals surface area contributed by atoms with Crippen LogP contribution in [-0.4, -0.2) is 58.4 Å². The van der Waals surface area contributed by atoms with Gasteiger partial charge in [-0.2, -0.15) is 4.31 Å². The van der Waals surface area contributed by atoms with Crippen LogP contribution in [0.3, 0.4) is 0 Å². The van der Waals surface area contributed by atoms with Crippen molar-refractivity contribution in [3.63, 3.8) is 0 Å². The van der Waals surface area contributed by atoms with Gasteiger partial charge in [-0.3, -0.25) is 9.59 Å². The Balaban J connectivity index is 1.72. The number of anilines is 2. The van der Waals surface area contributed by atoms with E-state index in [0.29, 0.717) is 36.0 Å². The molecule has 1 heterocycles. The summed E-state index contributed by atoms with van der Waals surface area (Å²) in [6.45, 7) is 4.51. The van der Waals surface area contributed by atoms with Gasteiger partial charge in [-0.15, -0.1) is 0 Å². The molecule has 1 saturated heterocycles. The van der Waals surface area contributed by atoms with Crippen molar-refractivity contribution in [1.82, 2.24) is 4.31 Å². The van der Waals surface area contributed by atoms with Gasteiger partial charge in [0.1, 0.15) is 11.5 Å². The van der Waals surface area contributed by atoms with Crippen molar-refractivity contribution in [1.29, 1.82) is 0 Å². The first kappa shape index (κ1) is 24.5. The summed E-state index contributed by atoms with van der Waals surface area (Å²) in [6.07, 6.45) is 0.0562. The molecule has 0 radical (unpaired) electrons. The van der Waals surface area contributed by atoms with E-state index < -0.39 is 15.9 Å². The van der Waals surface area contributed by atoms with Gasteiger partial charge in [0.25, 0.3) is 0 Å². The number of hydrogen-bond donors (Lipinski definition) is 1. The third kappa shape index (κ3) is 5.12. The highest BCUT2D eigenvalue weighted by Crippen LogP contribution is 2.36. The molecule has 2 amide bonds. The molecule has 33 heavy (non-hydrogen) atoms. The first-order chi connectivity index (χ1) is 15.7. The largest absolute Gasteiger partial charge is 0.497 e. The molecular formula is C23H29N3O6S. The zero-order chi connectivity index (χ0) is 24.2. The lowest BCUT2D eigenvalue weighted by Crippen LogP contribution is -2.30.